The van der Waals surface area contributed by atoms with Crippen LogP contribution in [0.4, 0.5) is 21.9 Å². The van der Waals surface area contributed by atoms with Crippen molar-refractivity contribution in [1.29, 1.82) is 0 Å². The number of rotatable bonds is 8. The number of nitrogens with zero attached hydrogens (tertiary/aromatic N) is 1. The van der Waals surface area contributed by atoms with Crippen LogP contribution in [0.2, 0.25) is 0 Å². The number of aromatic nitrogens is 3. The molecule has 2 aromatic heterocycles. The molecule has 10 nitrogen and oxygen atoms in total. The van der Waals surface area contributed by atoms with Crippen LogP contribution in [-0.2, 0) is 0 Å². The van der Waals surface area contributed by atoms with E-state index >= 15 is 0 Å². The fourth-order valence-electron chi connectivity index (χ4n) is 4.07. The van der Waals surface area contributed by atoms with Gasteiger partial charge in [-0.3, -0.25) is 4.79 Å². The fraction of sp³-hybridized carbons (Fsp3) is 0.107. The van der Waals surface area contributed by atoms with Crippen LogP contribution in [0, 0.1) is 0 Å². The van der Waals surface area contributed by atoms with E-state index in [0.29, 0.717) is 39.7 Å². The van der Waals surface area contributed by atoms with Crippen molar-refractivity contribution in [2.45, 2.75) is 6.10 Å². The molecule has 6 N–H and O–H groups in total. The number of hydrogen-bond acceptors (Lipinski definition) is 6. The number of benzene rings is 3. The number of carbonyl (C=O) groups is 1. The maximum atomic E-state index is 12.8. The van der Waals surface area contributed by atoms with Gasteiger partial charge < -0.3 is 35.8 Å². The molecule has 0 unspecified atom stereocenters. The van der Waals surface area contributed by atoms with Gasteiger partial charge in [0.25, 0.3) is 5.56 Å². The fourth-order valence-corrected chi connectivity index (χ4v) is 4.07. The Balaban J connectivity index is 1.38. The molecule has 1 atom stereocenters. The summed E-state index contributed by atoms with van der Waals surface area (Å²) in [6.45, 7) is 0.193. The van der Waals surface area contributed by atoms with Crippen molar-refractivity contribution in [2.24, 2.45) is 0 Å². The number of nitrogens with one attached hydrogen (secondary N) is 5. The molecule has 0 aliphatic heterocycles. The minimum atomic E-state index is -0.765. The van der Waals surface area contributed by atoms with Crippen LogP contribution in [0.15, 0.2) is 89.9 Å². The highest BCUT2D eigenvalue weighted by Gasteiger charge is 2.17. The summed E-state index contributed by atoms with van der Waals surface area (Å²) in [5.41, 5.74) is 3.44. The third-order valence-corrected chi connectivity index (χ3v) is 5.98. The minimum absolute atomic E-state index is 0.193. The number of amides is 2. The molecule has 0 saturated heterocycles. The van der Waals surface area contributed by atoms with Crippen molar-refractivity contribution in [3.8, 4) is 17.1 Å². The van der Waals surface area contributed by atoms with E-state index in [0.717, 1.165) is 5.56 Å². The maximum absolute atomic E-state index is 12.8. The summed E-state index contributed by atoms with van der Waals surface area (Å²) in [5, 5.41) is 19.3. The SMILES string of the molecule is COc1ccc(NC(=O)Nc2cccc3nc(-c4c(NC[C@H](O)c5ccccc5)cc[nH]c4=O)[nH]c23)cc1. The van der Waals surface area contributed by atoms with Crippen LogP contribution in [0.1, 0.15) is 11.7 Å². The smallest absolute Gasteiger partial charge is 0.323 e. The summed E-state index contributed by atoms with van der Waals surface area (Å²) in [6, 6.07) is 22.8. The second kappa shape index (κ2) is 10.9. The predicted molar refractivity (Wildman–Crippen MR) is 148 cm³/mol. The van der Waals surface area contributed by atoms with Gasteiger partial charge in [-0.2, -0.15) is 0 Å². The lowest BCUT2D eigenvalue weighted by atomic mass is 10.1. The third kappa shape index (κ3) is 5.35. The Labute approximate surface area is 217 Å². The van der Waals surface area contributed by atoms with Gasteiger partial charge in [-0.1, -0.05) is 36.4 Å². The zero-order valence-corrected chi connectivity index (χ0v) is 20.5. The highest BCUT2D eigenvalue weighted by atomic mass is 16.5. The number of ether oxygens (including phenoxy) is 1. The summed E-state index contributed by atoms with van der Waals surface area (Å²) in [5.74, 6) is 1.01. The maximum Gasteiger partial charge on any atom is 0.323 e. The average Bonchev–Trinajstić information content (AvgIpc) is 3.37. The molecule has 0 aliphatic carbocycles. The van der Waals surface area contributed by atoms with Crippen molar-refractivity contribution in [3.05, 3.63) is 101 Å². The molecule has 10 heteroatoms. The molecule has 5 rings (SSSR count). The van der Waals surface area contributed by atoms with Crippen molar-refractivity contribution in [3.63, 3.8) is 0 Å². The third-order valence-electron chi connectivity index (χ3n) is 5.98. The van der Waals surface area contributed by atoms with Crippen LogP contribution in [-0.4, -0.2) is 39.7 Å². The van der Waals surface area contributed by atoms with E-state index in [4.69, 9.17) is 4.74 Å². The van der Waals surface area contributed by atoms with Gasteiger partial charge in [0, 0.05) is 18.4 Å². The van der Waals surface area contributed by atoms with Gasteiger partial charge in [-0.25, -0.2) is 9.78 Å². The number of pyridine rings is 1. The van der Waals surface area contributed by atoms with Gasteiger partial charge in [0.1, 0.15) is 17.1 Å². The number of methoxy groups -OCH3 is 1. The van der Waals surface area contributed by atoms with Gasteiger partial charge in [-0.05, 0) is 48.0 Å². The highest BCUT2D eigenvalue weighted by molar-refractivity contribution is 6.05. The average molecular weight is 511 g/mol. The van der Waals surface area contributed by atoms with Gasteiger partial charge in [0.15, 0.2) is 0 Å². The first kappa shape index (κ1) is 24.6. The number of hydrogen-bond donors (Lipinski definition) is 6. The second-order valence-corrected chi connectivity index (χ2v) is 8.50. The minimum Gasteiger partial charge on any atom is -0.497 e. The normalized spacial score (nSPS) is 11.6. The zero-order chi connectivity index (χ0) is 26.5. The van der Waals surface area contributed by atoms with E-state index < -0.39 is 12.1 Å². The van der Waals surface area contributed by atoms with Gasteiger partial charge in [-0.15, -0.1) is 0 Å². The Morgan fingerprint density at radius 3 is 2.53 bits per heavy atom. The van der Waals surface area contributed by atoms with Crippen LogP contribution in [0.5, 0.6) is 5.75 Å². The Bertz CT molecular complexity index is 1610. The first-order chi connectivity index (χ1) is 18.5. The molecular weight excluding hydrogens is 484 g/mol. The van der Waals surface area contributed by atoms with Crippen molar-refractivity contribution < 1.29 is 14.6 Å². The molecule has 0 fully saturated rings. The standard InChI is InChI=1S/C28H26N6O4/c1-38-19-12-10-18(11-13-19)31-28(37)33-22-9-5-8-21-25(22)34-26(32-21)24-20(14-15-29-27(24)36)30-16-23(35)17-6-3-2-4-7-17/h2-15,23,35H,16H2,1H3,(H,32,34)(H2,29,30,36)(H2,31,33,37)/t23-/m0/s1. The molecule has 3 aromatic carbocycles. The van der Waals surface area contributed by atoms with Gasteiger partial charge in [0.2, 0.25) is 0 Å². The second-order valence-electron chi connectivity index (χ2n) is 8.50. The topological polar surface area (TPSA) is 144 Å². The molecule has 0 bridgehead atoms. The quantitative estimate of drug-likeness (QED) is 0.178. The summed E-state index contributed by atoms with van der Waals surface area (Å²) < 4.78 is 5.14. The molecule has 0 spiro atoms. The summed E-state index contributed by atoms with van der Waals surface area (Å²) in [6.07, 6.45) is 0.765. The highest BCUT2D eigenvalue weighted by Crippen LogP contribution is 2.28. The lowest BCUT2D eigenvalue weighted by molar-refractivity contribution is 0.191. The molecule has 0 radical (unpaired) electrons. The molecular formula is C28H26N6O4. The van der Waals surface area contributed by atoms with Crippen LogP contribution >= 0.6 is 0 Å². The molecule has 2 heterocycles. The lowest BCUT2D eigenvalue weighted by Crippen LogP contribution is -2.19. The molecule has 2 amide bonds. The Hall–Kier alpha value is -5.09. The van der Waals surface area contributed by atoms with Crippen LogP contribution < -0.4 is 26.2 Å². The molecule has 192 valence electrons. The Kier molecular flexibility index (Phi) is 7.05. The first-order valence-electron chi connectivity index (χ1n) is 11.9. The monoisotopic (exact) mass is 510 g/mol. The summed E-state index contributed by atoms with van der Waals surface area (Å²) in [4.78, 5) is 35.9. The largest absolute Gasteiger partial charge is 0.497 e. The van der Waals surface area contributed by atoms with Crippen molar-refractivity contribution in [1.82, 2.24) is 15.0 Å². The van der Waals surface area contributed by atoms with Crippen LogP contribution in [0.25, 0.3) is 22.4 Å². The lowest BCUT2D eigenvalue weighted by Gasteiger charge is -2.14. The van der Waals surface area contributed by atoms with Crippen LogP contribution in [0.3, 0.4) is 0 Å². The molecule has 38 heavy (non-hydrogen) atoms. The zero-order valence-electron chi connectivity index (χ0n) is 20.5. The summed E-state index contributed by atoms with van der Waals surface area (Å²) in [7, 11) is 1.57. The van der Waals surface area contributed by atoms with E-state index in [1.807, 2.05) is 30.3 Å². The number of para-hydroxylation sites is 1. The molecule has 0 saturated carbocycles. The van der Waals surface area contributed by atoms with Gasteiger partial charge in [0.05, 0.1) is 35.6 Å². The van der Waals surface area contributed by atoms with Crippen molar-refractivity contribution in [2.75, 3.05) is 29.6 Å². The number of aliphatic hydroxyl groups is 1. The number of urea groups is 1. The number of H-pyrrole nitrogens is 2. The number of aromatic amines is 2. The van der Waals surface area contributed by atoms with E-state index in [1.165, 1.54) is 6.20 Å². The Morgan fingerprint density at radius 1 is 0.974 bits per heavy atom. The number of carbonyl (C=O) groups excluding carboxylic acids is 1. The number of imidazole rings is 1. The van der Waals surface area contributed by atoms with E-state index in [9.17, 15) is 14.7 Å². The molecule has 5 aromatic rings. The molecule has 0 aliphatic rings. The summed E-state index contributed by atoms with van der Waals surface area (Å²) >= 11 is 0. The number of aliphatic hydroxyl groups excluding tert-OH is 1. The van der Waals surface area contributed by atoms with E-state index in [2.05, 4.69) is 30.9 Å². The number of fused-ring (bicyclic) bond motifs is 1. The van der Waals surface area contributed by atoms with E-state index in [1.54, 1.807) is 55.6 Å². The van der Waals surface area contributed by atoms with Gasteiger partial charge >= 0.3 is 6.03 Å². The number of anilines is 3. The first-order valence-corrected chi connectivity index (χ1v) is 11.9. The van der Waals surface area contributed by atoms with Crippen molar-refractivity contribution >= 4 is 34.1 Å². The Morgan fingerprint density at radius 2 is 1.76 bits per heavy atom. The van der Waals surface area contributed by atoms with E-state index in [-0.39, 0.29) is 17.7 Å². The predicted octanol–water partition coefficient (Wildman–Crippen LogP) is 4.72.